The second-order valence-electron chi connectivity index (χ2n) is 4.36. The number of aromatic nitrogens is 4. The molecular formula is C13H20N6. The van der Waals surface area contributed by atoms with E-state index in [9.17, 15) is 0 Å². The van der Waals surface area contributed by atoms with Crippen LogP contribution in [0.15, 0.2) is 18.5 Å². The van der Waals surface area contributed by atoms with Gasteiger partial charge in [-0.2, -0.15) is 0 Å². The van der Waals surface area contributed by atoms with E-state index >= 15 is 0 Å². The third kappa shape index (κ3) is 3.43. The van der Waals surface area contributed by atoms with Crippen LogP contribution in [-0.4, -0.2) is 26.6 Å². The summed E-state index contributed by atoms with van der Waals surface area (Å²) in [5, 5.41) is 6.35. The molecule has 2 aromatic rings. The van der Waals surface area contributed by atoms with Gasteiger partial charge in [0.15, 0.2) is 0 Å². The maximum Gasteiger partial charge on any atom is 0.133 e. The van der Waals surface area contributed by atoms with Crippen molar-refractivity contribution in [2.75, 3.05) is 17.7 Å². The first-order chi connectivity index (χ1) is 9.22. The van der Waals surface area contributed by atoms with Crippen LogP contribution >= 0.6 is 0 Å². The van der Waals surface area contributed by atoms with Crippen LogP contribution in [0, 0.1) is 0 Å². The maximum absolute atomic E-state index is 4.50. The first kappa shape index (κ1) is 13.3. The molecule has 0 saturated heterocycles. The van der Waals surface area contributed by atoms with E-state index < -0.39 is 0 Å². The van der Waals surface area contributed by atoms with Gasteiger partial charge in [-0.15, -0.1) is 0 Å². The molecule has 0 atom stereocenters. The Morgan fingerprint density at radius 3 is 2.68 bits per heavy atom. The van der Waals surface area contributed by atoms with Crippen LogP contribution in [0.5, 0.6) is 0 Å². The summed E-state index contributed by atoms with van der Waals surface area (Å²) in [6.07, 6.45) is 5.63. The molecule has 0 bridgehead atoms. The first-order valence-electron chi connectivity index (χ1n) is 6.48. The minimum atomic E-state index is 0.648. The molecule has 6 heteroatoms. The van der Waals surface area contributed by atoms with Crippen molar-refractivity contribution in [3.63, 3.8) is 0 Å². The zero-order valence-electron chi connectivity index (χ0n) is 11.6. The van der Waals surface area contributed by atoms with Gasteiger partial charge in [0.25, 0.3) is 0 Å². The highest BCUT2D eigenvalue weighted by Crippen LogP contribution is 2.12. The molecule has 2 rings (SSSR count). The lowest BCUT2D eigenvalue weighted by atomic mass is 10.3. The molecule has 6 nitrogen and oxygen atoms in total. The molecule has 102 valence electrons. The number of imidazole rings is 1. The van der Waals surface area contributed by atoms with Crippen molar-refractivity contribution in [1.29, 1.82) is 0 Å². The van der Waals surface area contributed by atoms with E-state index in [0.29, 0.717) is 6.54 Å². The van der Waals surface area contributed by atoms with Gasteiger partial charge in [0.05, 0.1) is 6.54 Å². The second-order valence-corrected chi connectivity index (χ2v) is 4.36. The van der Waals surface area contributed by atoms with E-state index in [-0.39, 0.29) is 0 Å². The van der Waals surface area contributed by atoms with Crippen molar-refractivity contribution < 1.29 is 0 Å². The van der Waals surface area contributed by atoms with Gasteiger partial charge in [-0.05, 0) is 6.42 Å². The van der Waals surface area contributed by atoms with Crippen LogP contribution in [-0.2, 0) is 20.0 Å². The number of aryl methyl sites for hydroxylation is 2. The van der Waals surface area contributed by atoms with Gasteiger partial charge in [-0.3, -0.25) is 0 Å². The molecule has 0 aliphatic carbocycles. The van der Waals surface area contributed by atoms with Crippen molar-refractivity contribution in [3.8, 4) is 0 Å². The predicted molar refractivity (Wildman–Crippen MR) is 76.1 cm³/mol. The summed E-state index contributed by atoms with van der Waals surface area (Å²) in [7, 11) is 3.84. The fourth-order valence-corrected chi connectivity index (χ4v) is 1.79. The lowest BCUT2D eigenvalue weighted by Crippen LogP contribution is -2.09. The van der Waals surface area contributed by atoms with Crippen LogP contribution in [0.2, 0.25) is 0 Å². The Hall–Kier alpha value is -2.11. The quantitative estimate of drug-likeness (QED) is 0.829. The molecule has 0 spiro atoms. The van der Waals surface area contributed by atoms with Crippen molar-refractivity contribution in [3.05, 3.63) is 30.1 Å². The Balaban J connectivity index is 2.10. The van der Waals surface area contributed by atoms with E-state index in [1.807, 2.05) is 30.9 Å². The number of anilines is 2. The largest absolute Gasteiger partial charge is 0.373 e. The zero-order chi connectivity index (χ0) is 13.7. The number of nitrogens with zero attached hydrogens (tertiary/aromatic N) is 4. The summed E-state index contributed by atoms with van der Waals surface area (Å²) in [5.74, 6) is 3.49. The average molecular weight is 260 g/mol. The second kappa shape index (κ2) is 6.17. The minimum Gasteiger partial charge on any atom is -0.373 e. The highest BCUT2D eigenvalue weighted by atomic mass is 15.1. The standard InChI is InChI=1S/C13H20N6/c1-4-5-10-17-11(14-2)8-12(18-10)16-9-13-15-6-7-19(13)3/h6-8H,4-5,9H2,1-3H3,(H2,14,16,17,18). The molecule has 2 N–H and O–H groups in total. The number of hydrogen-bond acceptors (Lipinski definition) is 5. The molecular weight excluding hydrogens is 240 g/mol. The monoisotopic (exact) mass is 260 g/mol. The minimum absolute atomic E-state index is 0.648. The Morgan fingerprint density at radius 1 is 1.26 bits per heavy atom. The molecule has 0 fully saturated rings. The van der Waals surface area contributed by atoms with E-state index in [4.69, 9.17) is 0 Å². The average Bonchev–Trinajstić information content (AvgIpc) is 2.82. The topological polar surface area (TPSA) is 67.7 Å². The molecule has 0 radical (unpaired) electrons. The summed E-state index contributed by atoms with van der Waals surface area (Å²) in [4.78, 5) is 13.2. The summed E-state index contributed by atoms with van der Waals surface area (Å²) in [6.45, 7) is 2.77. The highest BCUT2D eigenvalue weighted by Gasteiger charge is 2.04. The highest BCUT2D eigenvalue weighted by molar-refractivity contribution is 5.47. The fourth-order valence-electron chi connectivity index (χ4n) is 1.79. The zero-order valence-corrected chi connectivity index (χ0v) is 11.6. The molecule has 0 amide bonds. The Morgan fingerprint density at radius 2 is 2.05 bits per heavy atom. The Labute approximate surface area is 113 Å². The van der Waals surface area contributed by atoms with Gasteiger partial charge in [0.2, 0.25) is 0 Å². The van der Waals surface area contributed by atoms with E-state index in [0.717, 1.165) is 36.1 Å². The molecule has 2 heterocycles. The van der Waals surface area contributed by atoms with Gasteiger partial charge < -0.3 is 15.2 Å². The lowest BCUT2D eigenvalue weighted by Gasteiger charge is -2.09. The first-order valence-corrected chi connectivity index (χ1v) is 6.48. The summed E-state index contributed by atoms with van der Waals surface area (Å²) in [5.41, 5.74) is 0. The van der Waals surface area contributed by atoms with E-state index in [1.54, 1.807) is 6.20 Å². The third-order valence-electron chi connectivity index (χ3n) is 2.85. The van der Waals surface area contributed by atoms with Gasteiger partial charge in [0, 0.05) is 39.0 Å². The van der Waals surface area contributed by atoms with Crippen molar-refractivity contribution in [2.45, 2.75) is 26.3 Å². The van der Waals surface area contributed by atoms with Crippen molar-refractivity contribution >= 4 is 11.6 Å². The van der Waals surface area contributed by atoms with Gasteiger partial charge in [0.1, 0.15) is 23.3 Å². The molecule has 0 saturated carbocycles. The summed E-state index contributed by atoms with van der Waals surface area (Å²) < 4.78 is 1.99. The molecule has 19 heavy (non-hydrogen) atoms. The van der Waals surface area contributed by atoms with E-state index in [2.05, 4.69) is 32.5 Å². The van der Waals surface area contributed by atoms with Crippen LogP contribution in [0.4, 0.5) is 11.6 Å². The molecule has 0 aliphatic rings. The van der Waals surface area contributed by atoms with Gasteiger partial charge in [-0.25, -0.2) is 15.0 Å². The van der Waals surface area contributed by atoms with Gasteiger partial charge >= 0.3 is 0 Å². The van der Waals surface area contributed by atoms with E-state index in [1.165, 1.54) is 0 Å². The molecule has 2 aromatic heterocycles. The van der Waals surface area contributed by atoms with Crippen LogP contribution in [0.3, 0.4) is 0 Å². The van der Waals surface area contributed by atoms with Crippen LogP contribution < -0.4 is 10.6 Å². The van der Waals surface area contributed by atoms with Crippen molar-refractivity contribution in [1.82, 2.24) is 19.5 Å². The maximum atomic E-state index is 4.50. The fraction of sp³-hybridized carbons (Fsp3) is 0.462. The smallest absolute Gasteiger partial charge is 0.133 e. The van der Waals surface area contributed by atoms with Crippen LogP contribution in [0.1, 0.15) is 25.0 Å². The summed E-state index contributed by atoms with van der Waals surface area (Å²) in [6, 6.07) is 1.90. The number of rotatable bonds is 6. The Kier molecular flexibility index (Phi) is 4.33. The molecule has 0 unspecified atom stereocenters. The molecule has 0 aromatic carbocycles. The SMILES string of the molecule is CCCc1nc(NC)cc(NCc2nccn2C)n1. The normalized spacial score (nSPS) is 10.5. The lowest BCUT2D eigenvalue weighted by molar-refractivity contribution is 0.803. The van der Waals surface area contributed by atoms with Crippen molar-refractivity contribution in [2.24, 2.45) is 7.05 Å². The third-order valence-corrected chi connectivity index (χ3v) is 2.85. The van der Waals surface area contributed by atoms with Crippen LogP contribution in [0.25, 0.3) is 0 Å². The molecule has 0 aliphatic heterocycles. The predicted octanol–water partition coefficient (Wildman–Crippen LogP) is 1.82. The number of nitrogens with one attached hydrogen (secondary N) is 2. The summed E-state index contributed by atoms with van der Waals surface area (Å²) >= 11 is 0. The Bertz CT molecular complexity index is 534. The number of hydrogen-bond donors (Lipinski definition) is 2. The van der Waals surface area contributed by atoms with Gasteiger partial charge in [-0.1, -0.05) is 6.92 Å².